The molecule has 1 saturated heterocycles. The molecule has 2 aliphatic heterocycles. The smallest absolute Gasteiger partial charge is 0.310 e. The van der Waals surface area contributed by atoms with Gasteiger partial charge in [-0.3, -0.25) is 14.4 Å². The molecule has 1 aromatic carbocycles. The quantitative estimate of drug-likeness (QED) is 0.497. The van der Waals surface area contributed by atoms with Crippen molar-refractivity contribution in [1.82, 2.24) is 24.6 Å². The Labute approximate surface area is 250 Å². The van der Waals surface area contributed by atoms with Gasteiger partial charge in [-0.05, 0) is 75.0 Å². The molecular formula is C31H38ClN5O5. The van der Waals surface area contributed by atoms with E-state index < -0.39 is 23.5 Å². The van der Waals surface area contributed by atoms with Gasteiger partial charge < -0.3 is 24.2 Å². The first-order valence-corrected chi connectivity index (χ1v) is 15.7. The van der Waals surface area contributed by atoms with Gasteiger partial charge in [0.15, 0.2) is 5.82 Å². The highest BCUT2D eigenvalue weighted by Gasteiger charge is 2.56. The fourth-order valence-corrected chi connectivity index (χ4v) is 7.79. The van der Waals surface area contributed by atoms with Crippen LogP contribution < -0.4 is 4.74 Å². The van der Waals surface area contributed by atoms with E-state index in [1.807, 2.05) is 28.6 Å². The summed E-state index contributed by atoms with van der Waals surface area (Å²) in [4.78, 5) is 44.1. The van der Waals surface area contributed by atoms with E-state index in [1.54, 1.807) is 11.8 Å². The van der Waals surface area contributed by atoms with Crippen molar-refractivity contribution in [3.05, 3.63) is 39.9 Å². The number of benzene rings is 1. The molecule has 1 N–H and O–H groups in total. The minimum Gasteiger partial charge on any atom is -0.485 e. The maximum Gasteiger partial charge on any atom is 0.310 e. The summed E-state index contributed by atoms with van der Waals surface area (Å²) < 4.78 is 8.42. The summed E-state index contributed by atoms with van der Waals surface area (Å²) in [5.41, 5.74) is 0.423. The number of carbonyl (C=O) groups excluding carboxylic acids is 2. The summed E-state index contributed by atoms with van der Waals surface area (Å²) in [5.74, 6) is 0.891. The Kier molecular flexibility index (Phi) is 6.56. The van der Waals surface area contributed by atoms with E-state index in [0.29, 0.717) is 61.3 Å². The molecule has 11 heteroatoms. The van der Waals surface area contributed by atoms with Gasteiger partial charge >= 0.3 is 5.97 Å². The van der Waals surface area contributed by atoms with Crippen LogP contribution in [0.2, 0.25) is 5.02 Å². The van der Waals surface area contributed by atoms with Crippen LogP contribution >= 0.6 is 11.6 Å². The number of carboxylic acids is 1. The van der Waals surface area contributed by atoms with Gasteiger partial charge in [0.05, 0.1) is 11.3 Å². The van der Waals surface area contributed by atoms with Gasteiger partial charge in [-0.15, -0.1) is 10.2 Å². The second-order valence-corrected chi connectivity index (χ2v) is 13.8. The lowest BCUT2D eigenvalue weighted by Gasteiger charge is -2.47. The molecule has 3 heterocycles. The molecule has 1 aromatic heterocycles. The predicted octanol–water partition coefficient (Wildman–Crippen LogP) is 4.60. The molecule has 1 unspecified atom stereocenters. The summed E-state index contributed by atoms with van der Waals surface area (Å²) in [5, 5.41) is 19.5. The number of ether oxygens (including phenoxy) is 1. The molecule has 42 heavy (non-hydrogen) atoms. The lowest BCUT2D eigenvalue weighted by atomic mass is 9.66. The van der Waals surface area contributed by atoms with E-state index in [2.05, 4.69) is 10.2 Å². The van der Waals surface area contributed by atoms with E-state index in [0.717, 1.165) is 55.5 Å². The number of aromatic nitrogens is 3. The average molecular weight is 596 g/mol. The number of aliphatic carboxylic acids is 1. The number of rotatable bonds is 7. The molecule has 0 bridgehead atoms. The van der Waals surface area contributed by atoms with Gasteiger partial charge in [-0.25, -0.2) is 0 Å². The Morgan fingerprint density at radius 3 is 2.62 bits per heavy atom. The zero-order valence-electron chi connectivity index (χ0n) is 24.3. The Balaban J connectivity index is 1.27. The van der Waals surface area contributed by atoms with E-state index >= 15 is 0 Å². The van der Waals surface area contributed by atoms with Crippen molar-refractivity contribution < 1.29 is 24.2 Å². The number of carboxylic acid groups (broad SMARTS) is 1. The SMILES string of the molecule is Cn1c(COc2ccc(Cl)c3c2C(N2CC4(CC4)CC2=O)N(C(=O)[C@@H]2CCCC[C@]2(C)C(=O)O)CC3)nnc1C1CC1. The molecule has 3 saturated carbocycles. The lowest BCUT2D eigenvalue weighted by molar-refractivity contribution is -0.165. The summed E-state index contributed by atoms with van der Waals surface area (Å²) in [6.07, 6.45) is 7.06. The Morgan fingerprint density at radius 1 is 1.14 bits per heavy atom. The standard InChI is InChI=1S/C31H38ClN5O5/c1-30(29(40)41)11-4-3-5-20(30)28(39)36-14-10-19-21(32)8-9-22(42-16-23-33-34-26(35(23)2)18-6-7-18)25(19)27(36)37-17-31(12-13-31)15-24(37)38/h8-9,18,20,27H,3-7,10-17H2,1-2H3,(H,40,41)/t20-,27?,30-/m0/s1. The topological polar surface area (TPSA) is 118 Å². The number of hydrogen-bond acceptors (Lipinski definition) is 6. The predicted molar refractivity (Wildman–Crippen MR) is 153 cm³/mol. The normalized spacial score (nSPS) is 28.2. The molecule has 4 fully saturated rings. The van der Waals surface area contributed by atoms with Crippen LogP contribution in [0.5, 0.6) is 5.75 Å². The number of carbonyl (C=O) groups is 3. The zero-order chi connectivity index (χ0) is 29.4. The van der Waals surface area contributed by atoms with Gasteiger partial charge in [0.25, 0.3) is 0 Å². The fraction of sp³-hybridized carbons (Fsp3) is 0.645. The van der Waals surface area contributed by atoms with Crippen LogP contribution in [0.1, 0.15) is 99.6 Å². The van der Waals surface area contributed by atoms with Crippen molar-refractivity contribution >= 4 is 29.4 Å². The molecule has 224 valence electrons. The first-order valence-electron chi connectivity index (χ1n) is 15.3. The van der Waals surface area contributed by atoms with Gasteiger partial charge in [0, 0.05) is 43.1 Å². The molecule has 2 aromatic rings. The molecule has 1 spiro atoms. The molecule has 5 aliphatic rings. The number of likely N-dealkylation sites (tertiary alicyclic amines) is 1. The zero-order valence-corrected chi connectivity index (χ0v) is 25.0. The van der Waals surface area contributed by atoms with Gasteiger partial charge in [0.1, 0.15) is 24.3 Å². The minimum absolute atomic E-state index is 0.0149. The summed E-state index contributed by atoms with van der Waals surface area (Å²) in [6, 6.07) is 3.63. The van der Waals surface area contributed by atoms with Crippen LogP contribution in [0.25, 0.3) is 0 Å². The van der Waals surface area contributed by atoms with E-state index in [-0.39, 0.29) is 23.8 Å². The van der Waals surface area contributed by atoms with Crippen LogP contribution in [0.4, 0.5) is 0 Å². The third kappa shape index (κ3) is 4.48. The van der Waals surface area contributed by atoms with Gasteiger partial charge in [0.2, 0.25) is 11.8 Å². The van der Waals surface area contributed by atoms with Gasteiger partial charge in [-0.2, -0.15) is 0 Å². The molecule has 2 amide bonds. The number of hydrogen-bond donors (Lipinski definition) is 1. The third-order valence-corrected chi connectivity index (χ3v) is 11.0. The molecule has 7 rings (SSSR count). The second-order valence-electron chi connectivity index (χ2n) is 13.4. The highest BCUT2D eigenvalue weighted by molar-refractivity contribution is 6.31. The lowest BCUT2D eigenvalue weighted by Crippen LogP contribution is -2.54. The maximum absolute atomic E-state index is 14.5. The average Bonchev–Trinajstić information content (AvgIpc) is 3.89. The number of halogens is 1. The molecule has 3 atom stereocenters. The van der Waals surface area contributed by atoms with Crippen molar-refractivity contribution in [1.29, 1.82) is 0 Å². The van der Waals surface area contributed by atoms with Crippen molar-refractivity contribution in [2.75, 3.05) is 13.1 Å². The maximum atomic E-state index is 14.5. The first kappa shape index (κ1) is 27.7. The van der Waals surface area contributed by atoms with Crippen molar-refractivity contribution in [2.24, 2.45) is 23.8 Å². The summed E-state index contributed by atoms with van der Waals surface area (Å²) in [7, 11) is 1.95. The molecule has 0 radical (unpaired) electrons. The van der Waals surface area contributed by atoms with Crippen LogP contribution in [0, 0.1) is 16.7 Å². The Hall–Kier alpha value is -3.14. The van der Waals surface area contributed by atoms with Crippen LogP contribution in [-0.2, 0) is 34.5 Å². The fourth-order valence-electron chi connectivity index (χ4n) is 7.53. The summed E-state index contributed by atoms with van der Waals surface area (Å²) in [6.45, 7) is 2.81. The van der Waals surface area contributed by atoms with Crippen molar-refractivity contribution in [2.45, 2.75) is 89.8 Å². The van der Waals surface area contributed by atoms with Crippen LogP contribution in [0.15, 0.2) is 12.1 Å². The monoisotopic (exact) mass is 595 g/mol. The second kappa shape index (κ2) is 9.96. The molecular weight excluding hydrogens is 558 g/mol. The number of amides is 2. The third-order valence-electron chi connectivity index (χ3n) is 10.6. The highest BCUT2D eigenvalue weighted by atomic mass is 35.5. The van der Waals surface area contributed by atoms with Gasteiger partial charge in [-0.1, -0.05) is 24.4 Å². The van der Waals surface area contributed by atoms with Crippen LogP contribution in [0.3, 0.4) is 0 Å². The van der Waals surface area contributed by atoms with Crippen molar-refractivity contribution in [3.63, 3.8) is 0 Å². The summed E-state index contributed by atoms with van der Waals surface area (Å²) >= 11 is 6.77. The number of fused-ring (bicyclic) bond motifs is 1. The van der Waals surface area contributed by atoms with E-state index in [4.69, 9.17) is 16.3 Å². The Morgan fingerprint density at radius 2 is 1.93 bits per heavy atom. The Bertz CT molecular complexity index is 1470. The highest BCUT2D eigenvalue weighted by Crippen LogP contribution is 2.56. The van der Waals surface area contributed by atoms with E-state index in [9.17, 15) is 19.5 Å². The van der Waals surface area contributed by atoms with Crippen molar-refractivity contribution in [3.8, 4) is 5.75 Å². The first-order chi connectivity index (χ1) is 20.1. The minimum atomic E-state index is -1.15. The molecule has 3 aliphatic carbocycles. The van der Waals surface area contributed by atoms with E-state index in [1.165, 1.54) is 0 Å². The number of nitrogens with zero attached hydrogens (tertiary/aromatic N) is 5. The van der Waals surface area contributed by atoms with Crippen LogP contribution in [-0.4, -0.2) is 60.5 Å². The largest absolute Gasteiger partial charge is 0.485 e. The molecule has 10 nitrogen and oxygen atoms in total.